The Morgan fingerprint density at radius 3 is 2.84 bits per heavy atom. The van der Waals surface area contributed by atoms with Crippen molar-refractivity contribution in [2.45, 2.75) is 39.2 Å². The fourth-order valence-electron chi connectivity index (χ4n) is 2.77. The number of carbonyl (C=O) groups is 1. The minimum absolute atomic E-state index is 0.00200. The van der Waals surface area contributed by atoms with Crippen LogP contribution in [0.2, 0.25) is 0 Å². The van der Waals surface area contributed by atoms with Gasteiger partial charge in [0.1, 0.15) is 0 Å². The summed E-state index contributed by atoms with van der Waals surface area (Å²) in [6.07, 6.45) is 2.41. The van der Waals surface area contributed by atoms with Crippen molar-refractivity contribution in [2.24, 2.45) is 17.1 Å². The Balaban J connectivity index is 1.94. The molecule has 0 saturated heterocycles. The Morgan fingerprint density at radius 2 is 2.37 bits per heavy atom. The number of nitrogens with two attached hydrogens (primary N) is 1. The van der Waals surface area contributed by atoms with E-state index >= 15 is 0 Å². The molecule has 1 unspecified atom stereocenters. The lowest BCUT2D eigenvalue weighted by Gasteiger charge is -2.44. The summed E-state index contributed by atoms with van der Waals surface area (Å²) in [5.74, 6) is 0.530. The van der Waals surface area contributed by atoms with Crippen molar-refractivity contribution in [3.05, 3.63) is 22.4 Å². The highest BCUT2D eigenvalue weighted by Gasteiger charge is 2.50. The average Bonchev–Trinajstić information content (AvgIpc) is 2.76. The predicted octanol–water partition coefficient (Wildman–Crippen LogP) is 2.50. The maximum absolute atomic E-state index is 12.4. The van der Waals surface area contributed by atoms with Gasteiger partial charge in [0.15, 0.2) is 0 Å². The summed E-state index contributed by atoms with van der Waals surface area (Å²) in [6, 6.07) is 4.22. The van der Waals surface area contributed by atoms with Crippen LogP contribution in [0, 0.1) is 11.3 Å². The first-order chi connectivity index (χ1) is 8.94. The molecule has 104 valence electrons. The summed E-state index contributed by atoms with van der Waals surface area (Å²) in [5.41, 5.74) is 5.18. The molecule has 1 aliphatic carbocycles. The van der Waals surface area contributed by atoms with Crippen LogP contribution in [0.25, 0.3) is 0 Å². The fourth-order valence-corrected chi connectivity index (χ4v) is 3.87. The molecular weight excluding hydrogens is 276 g/mol. The molecule has 3 nitrogen and oxygen atoms in total. The monoisotopic (exact) mass is 296 g/mol. The van der Waals surface area contributed by atoms with Gasteiger partial charge in [-0.2, -0.15) is 0 Å². The number of thiophene rings is 1. The van der Waals surface area contributed by atoms with Gasteiger partial charge < -0.3 is 11.1 Å². The number of nitrogens with one attached hydrogen (secondary N) is 1. The molecule has 1 heterocycles. The third kappa shape index (κ3) is 2.98. The molecule has 0 spiro atoms. The Bertz CT molecular complexity index is 464. The largest absolute Gasteiger partial charge is 0.392 e. The molecule has 19 heavy (non-hydrogen) atoms. The molecule has 3 N–H and O–H groups in total. The van der Waals surface area contributed by atoms with E-state index in [1.165, 1.54) is 4.88 Å². The van der Waals surface area contributed by atoms with Crippen molar-refractivity contribution >= 4 is 34.5 Å². The van der Waals surface area contributed by atoms with Gasteiger partial charge >= 0.3 is 0 Å². The molecule has 1 aromatic heterocycles. The van der Waals surface area contributed by atoms with E-state index < -0.39 is 5.41 Å². The number of carbonyl (C=O) groups excluding carboxylic acids is 1. The van der Waals surface area contributed by atoms with E-state index in [1.807, 2.05) is 18.4 Å². The van der Waals surface area contributed by atoms with E-state index in [2.05, 4.69) is 18.3 Å². The number of hydrogen-bond acceptors (Lipinski definition) is 3. The highest BCUT2D eigenvalue weighted by molar-refractivity contribution is 7.80. The van der Waals surface area contributed by atoms with Crippen molar-refractivity contribution in [3.8, 4) is 0 Å². The third-order valence-corrected chi connectivity index (χ3v) is 5.05. The first kappa shape index (κ1) is 14.5. The Kier molecular flexibility index (Phi) is 4.26. The summed E-state index contributed by atoms with van der Waals surface area (Å²) < 4.78 is 0. The van der Waals surface area contributed by atoms with Crippen molar-refractivity contribution in [1.29, 1.82) is 0 Å². The molecule has 0 bridgehead atoms. The van der Waals surface area contributed by atoms with Crippen molar-refractivity contribution in [2.75, 3.05) is 0 Å². The van der Waals surface area contributed by atoms with Gasteiger partial charge in [-0.15, -0.1) is 11.3 Å². The van der Waals surface area contributed by atoms with E-state index in [1.54, 1.807) is 11.3 Å². The van der Waals surface area contributed by atoms with E-state index in [9.17, 15) is 4.79 Å². The predicted molar refractivity (Wildman–Crippen MR) is 83.2 cm³/mol. The summed E-state index contributed by atoms with van der Waals surface area (Å²) >= 11 is 6.81. The van der Waals surface area contributed by atoms with Crippen LogP contribution in [0.1, 0.15) is 31.6 Å². The summed E-state index contributed by atoms with van der Waals surface area (Å²) in [4.78, 5) is 14.0. The van der Waals surface area contributed by atoms with Crippen molar-refractivity contribution in [1.82, 2.24) is 5.32 Å². The standard InChI is InChI=1S/C14H20N2OS2/c1-9-7-14(8-9,12(15)18)13(17)16-10(2)6-11-4-3-5-19-11/h3-5,9-10H,6-8H2,1-2H3,(H2,15,18)(H,16,17). The summed E-state index contributed by atoms with van der Waals surface area (Å²) in [6.45, 7) is 4.14. The van der Waals surface area contributed by atoms with Crippen LogP contribution in [-0.4, -0.2) is 16.9 Å². The molecule has 1 aliphatic rings. The number of thiocarbonyl (C=S) groups is 1. The zero-order chi connectivity index (χ0) is 14.0. The lowest BCUT2D eigenvalue weighted by molar-refractivity contribution is -0.133. The van der Waals surface area contributed by atoms with E-state index in [0.29, 0.717) is 10.9 Å². The first-order valence-electron chi connectivity index (χ1n) is 6.57. The van der Waals surface area contributed by atoms with Gasteiger partial charge in [-0.05, 0) is 37.1 Å². The number of hydrogen-bond donors (Lipinski definition) is 2. The van der Waals surface area contributed by atoms with Crippen LogP contribution in [-0.2, 0) is 11.2 Å². The highest BCUT2D eigenvalue weighted by atomic mass is 32.1. The van der Waals surface area contributed by atoms with Crippen molar-refractivity contribution in [3.63, 3.8) is 0 Å². The second-order valence-corrected chi connectivity index (χ2v) is 7.09. The molecule has 2 rings (SSSR count). The molecule has 5 heteroatoms. The van der Waals surface area contributed by atoms with Crippen LogP contribution < -0.4 is 11.1 Å². The molecular formula is C14H20N2OS2. The SMILES string of the molecule is CC1CC(C(=O)NC(C)Cc2cccs2)(C(N)=S)C1. The average molecular weight is 296 g/mol. The maximum atomic E-state index is 12.4. The van der Waals surface area contributed by atoms with Gasteiger partial charge in [0.05, 0.1) is 10.4 Å². The topological polar surface area (TPSA) is 55.1 Å². The van der Waals surface area contributed by atoms with E-state index in [4.69, 9.17) is 18.0 Å². The van der Waals surface area contributed by atoms with Gasteiger partial charge in [0, 0.05) is 17.3 Å². The zero-order valence-corrected chi connectivity index (χ0v) is 12.9. The maximum Gasteiger partial charge on any atom is 0.233 e. The molecule has 0 radical (unpaired) electrons. The second kappa shape index (κ2) is 5.59. The normalized spacial score (nSPS) is 27.4. The van der Waals surface area contributed by atoms with Crippen LogP contribution in [0.15, 0.2) is 17.5 Å². The molecule has 1 saturated carbocycles. The number of rotatable bonds is 5. The minimum Gasteiger partial charge on any atom is -0.392 e. The van der Waals surface area contributed by atoms with Gasteiger partial charge in [-0.1, -0.05) is 25.2 Å². The Labute approximate surface area is 123 Å². The summed E-state index contributed by atoms with van der Waals surface area (Å²) in [7, 11) is 0. The molecule has 0 aromatic carbocycles. The van der Waals surface area contributed by atoms with Crippen LogP contribution in [0.5, 0.6) is 0 Å². The quantitative estimate of drug-likeness (QED) is 0.821. The summed E-state index contributed by atoms with van der Waals surface area (Å²) in [5, 5.41) is 5.11. The van der Waals surface area contributed by atoms with Gasteiger partial charge in [0.25, 0.3) is 0 Å². The lowest BCUT2D eigenvalue weighted by atomic mass is 9.62. The lowest BCUT2D eigenvalue weighted by Crippen LogP contribution is -2.57. The second-order valence-electron chi connectivity index (χ2n) is 5.62. The molecule has 1 aromatic rings. The minimum atomic E-state index is -0.599. The Hall–Kier alpha value is -0.940. The molecule has 1 amide bonds. The van der Waals surface area contributed by atoms with Crippen LogP contribution >= 0.6 is 23.6 Å². The molecule has 1 fully saturated rings. The first-order valence-corrected chi connectivity index (χ1v) is 7.86. The Morgan fingerprint density at radius 1 is 1.68 bits per heavy atom. The van der Waals surface area contributed by atoms with Crippen molar-refractivity contribution < 1.29 is 4.79 Å². The third-order valence-electron chi connectivity index (χ3n) is 3.77. The van der Waals surface area contributed by atoms with Crippen LogP contribution in [0.4, 0.5) is 0 Å². The highest BCUT2D eigenvalue weighted by Crippen LogP contribution is 2.46. The molecule has 0 aliphatic heterocycles. The zero-order valence-electron chi connectivity index (χ0n) is 11.3. The number of amides is 1. The fraction of sp³-hybridized carbons (Fsp3) is 0.571. The van der Waals surface area contributed by atoms with E-state index in [0.717, 1.165) is 19.3 Å². The van der Waals surface area contributed by atoms with Gasteiger partial charge in [0.2, 0.25) is 5.91 Å². The molecule has 1 atom stereocenters. The van der Waals surface area contributed by atoms with Crippen LogP contribution in [0.3, 0.4) is 0 Å². The van der Waals surface area contributed by atoms with Gasteiger partial charge in [-0.3, -0.25) is 4.79 Å². The smallest absolute Gasteiger partial charge is 0.233 e. The van der Waals surface area contributed by atoms with E-state index in [-0.39, 0.29) is 11.9 Å². The van der Waals surface area contributed by atoms with Gasteiger partial charge in [-0.25, -0.2) is 0 Å².